The van der Waals surface area contributed by atoms with Crippen molar-refractivity contribution in [3.05, 3.63) is 29.8 Å². The Hall–Kier alpha value is -1.55. The lowest BCUT2D eigenvalue weighted by molar-refractivity contribution is -0.123. The van der Waals surface area contributed by atoms with Gasteiger partial charge in [-0.3, -0.25) is 4.79 Å². The van der Waals surface area contributed by atoms with Crippen LogP contribution in [0.3, 0.4) is 0 Å². The smallest absolute Gasteiger partial charge is 0.237 e. The fourth-order valence-electron chi connectivity index (χ4n) is 2.10. The third-order valence-corrected chi connectivity index (χ3v) is 3.36. The van der Waals surface area contributed by atoms with Gasteiger partial charge in [0.2, 0.25) is 5.91 Å². The number of benzene rings is 1. The van der Waals surface area contributed by atoms with Crippen molar-refractivity contribution in [3.8, 4) is 5.75 Å². The van der Waals surface area contributed by atoms with Gasteiger partial charge < -0.3 is 16.2 Å². The number of nitrogens with one attached hydrogen (secondary N) is 1. The highest BCUT2D eigenvalue weighted by Crippen LogP contribution is 2.11. The summed E-state index contributed by atoms with van der Waals surface area (Å²) in [4.78, 5) is 12.0. The lowest BCUT2D eigenvalue weighted by atomic mass is 10.0. The molecule has 0 saturated carbocycles. The number of carbonyl (C=O) groups excluding carboxylic acids is 1. The second-order valence-electron chi connectivity index (χ2n) is 5.38. The Morgan fingerprint density at radius 1 is 1.30 bits per heavy atom. The molecule has 0 fully saturated rings. The van der Waals surface area contributed by atoms with Crippen LogP contribution in [-0.2, 0) is 11.2 Å². The molecule has 112 valence electrons. The van der Waals surface area contributed by atoms with Crippen LogP contribution in [0.5, 0.6) is 5.75 Å². The topological polar surface area (TPSA) is 75.4 Å². The van der Waals surface area contributed by atoms with E-state index < -0.39 is 6.04 Å². The van der Waals surface area contributed by atoms with Gasteiger partial charge in [0.25, 0.3) is 0 Å². The molecule has 0 aliphatic heterocycles. The second kappa shape index (κ2) is 8.59. The molecular weight excluding hydrogens is 252 g/mol. The number of hydrogen-bond acceptors (Lipinski definition) is 3. The van der Waals surface area contributed by atoms with Gasteiger partial charge in [-0.1, -0.05) is 38.3 Å². The molecule has 0 aliphatic rings. The maximum absolute atomic E-state index is 12.0. The van der Waals surface area contributed by atoms with Gasteiger partial charge in [-0.2, -0.15) is 0 Å². The van der Waals surface area contributed by atoms with Gasteiger partial charge in [0.05, 0.1) is 6.04 Å². The Morgan fingerprint density at radius 2 is 1.95 bits per heavy atom. The minimum atomic E-state index is -0.548. The summed E-state index contributed by atoms with van der Waals surface area (Å²) in [6.45, 7) is 4.18. The van der Waals surface area contributed by atoms with Gasteiger partial charge in [0, 0.05) is 6.04 Å². The average molecular weight is 278 g/mol. The number of hydrogen-bond donors (Lipinski definition) is 3. The maximum atomic E-state index is 12.0. The molecule has 1 aromatic carbocycles. The van der Waals surface area contributed by atoms with Crippen LogP contribution >= 0.6 is 0 Å². The molecule has 2 atom stereocenters. The number of phenols is 1. The molecule has 0 spiro atoms. The molecule has 4 N–H and O–H groups in total. The summed E-state index contributed by atoms with van der Waals surface area (Å²) in [6.07, 6.45) is 4.98. The summed E-state index contributed by atoms with van der Waals surface area (Å²) < 4.78 is 0. The summed E-state index contributed by atoms with van der Waals surface area (Å²) in [5.74, 6) is 0.110. The van der Waals surface area contributed by atoms with E-state index >= 15 is 0 Å². The summed E-state index contributed by atoms with van der Waals surface area (Å²) in [7, 11) is 0. The van der Waals surface area contributed by atoms with Crippen molar-refractivity contribution in [2.24, 2.45) is 5.73 Å². The number of carbonyl (C=O) groups is 1. The van der Waals surface area contributed by atoms with Crippen LogP contribution in [-0.4, -0.2) is 23.1 Å². The van der Waals surface area contributed by atoms with E-state index in [9.17, 15) is 9.90 Å². The van der Waals surface area contributed by atoms with Crippen molar-refractivity contribution >= 4 is 5.91 Å². The zero-order valence-corrected chi connectivity index (χ0v) is 12.4. The molecule has 0 radical (unpaired) electrons. The predicted molar refractivity (Wildman–Crippen MR) is 81.5 cm³/mol. The van der Waals surface area contributed by atoms with E-state index in [1.54, 1.807) is 24.3 Å². The van der Waals surface area contributed by atoms with E-state index in [4.69, 9.17) is 5.73 Å². The van der Waals surface area contributed by atoms with E-state index in [1.807, 2.05) is 6.92 Å². The fraction of sp³-hybridized carbons (Fsp3) is 0.562. The molecule has 1 aromatic rings. The highest BCUT2D eigenvalue weighted by molar-refractivity contribution is 5.82. The van der Waals surface area contributed by atoms with Crippen LogP contribution in [0.1, 0.15) is 45.1 Å². The van der Waals surface area contributed by atoms with Crippen LogP contribution in [0.2, 0.25) is 0 Å². The van der Waals surface area contributed by atoms with Crippen LogP contribution in [0.15, 0.2) is 24.3 Å². The van der Waals surface area contributed by atoms with Gasteiger partial charge in [-0.25, -0.2) is 0 Å². The van der Waals surface area contributed by atoms with Crippen molar-refractivity contribution in [1.29, 1.82) is 0 Å². The summed E-state index contributed by atoms with van der Waals surface area (Å²) in [5, 5.41) is 12.2. The summed E-state index contributed by atoms with van der Waals surface area (Å²) in [5.41, 5.74) is 6.86. The largest absolute Gasteiger partial charge is 0.508 e. The Labute approximate surface area is 121 Å². The first-order valence-corrected chi connectivity index (χ1v) is 7.36. The van der Waals surface area contributed by atoms with Gasteiger partial charge in [0.15, 0.2) is 0 Å². The van der Waals surface area contributed by atoms with Crippen molar-refractivity contribution < 1.29 is 9.90 Å². The van der Waals surface area contributed by atoms with Crippen molar-refractivity contribution in [1.82, 2.24) is 5.32 Å². The van der Waals surface area contributed by atoms with Crippen LogP contribution in [0.4, 0.5) is 0 Å². The number of aromatic hydroxyl groups is 1. The van der Waals surface area contributed by atoms with E-state index in [0.29, 0.717) is 6.42 Å². The quantitative estimate of drug-likeness (QED) is 0.639. The summed E-state index contributed by atoms with van der Waals surface area (Å²) >= 11 is 0. The molecule has 20 heavy (non-hydrogen) atoms. The van der Waals surface area contributed by atoms with E-state index in [2.05, 4.69) is 12.2 Å². The zero-order chi connectivity index (χ0) is 15.0. The number of phenolic OH excluding ortho intramolecular Hbond substituents is 1. The fourth-order valence-corrected chi connectivity index (χ4v) is 2.10. The molecule has 0 aromatic heterocycles. The molecule has 0 aliphatic carbocycles. The molecule has 0 heterocycles. The monoisotopic (exact) mass is 278 g/mol. The number of rotatable bonds is 8. The van der Waals surface area contributed by atoms with E-state index in [0.717, 1.165) is 18.4 Å². The first-order chi connectivity index (χ1) is 9.52. The van der Waals surface area contributed by atoms with Gasteiger partial charge >= 0.3 is 0 Å². The van der Waals surface area contributed by atoms with Gasteiger partial charge in [0.1, 0.15) is 5.75 Å². The number of nitrogens with two attached hydrogens (primary N) is 1. The van der Waals surface area contributed by atoms with Crippen molar-refractivity contribution in [3.63, 3.8) is 0 Å². The summed E-state index contributed by atoms with van der Waals surface area (Å²) in [6, 6.07) is 6.40. The van der Waals surface area contributed by atoms with Gasteiger partial charge in [-0.15, -0.1) is 0 Å². The first kappa shape index (κ1) is 16.5. The van der Waals surface area contributed by atoms with Crippen LogP contribution in [0, 0.1) is 0 Å². The molecule has 4 nitrogen and oxygen atoms in total. The van der Waals surface area contributed by atoms with E-state index in [-0.39, 0.29) is 17.7 Å². The molecular formula is C16H26N2O2. The molecule has 0 bridgehead atoms. The molecule has 4 heteroatoms. The Morgan fingerprint density at radius 3 is 2.55 bits per heavy atom. The Balaban J connectivity index is 2.36. The maximum Gasteiger partial charge on any atom is 0.237 e. The second-order valence-corrected chi connectivity index (χ2v) is 5.38. The molecule has 1 rings (SSSR count). The number of unbranched alkanes of at least 4 members (excludes halogenated alkanes) is 2. The van der Waals surface area contributed by atoms with Crippen molar-refractivity contribution in [2.45, 2.75) is 58.0 Å². The third-order valence-electron chi connectivity index (χ3n) is 3.36. The zero-order valence-electron chi connectivity index (χ0n) is 12.4. The van der Waals surface area contributed by atoms with Crippen LogP contribution < -0.4 is 11.1 Å². The minimum absolute atomic E-state index is 0.109. The first-order valence-electron chi connectivity index (χ1n) is 7.36. The predicted octanol–water partition coefficient (Wildman–Crippen LogP) is 2.35. The van der Waals surface area contributed by atoms with Gasteiger partial charge in [-0.05, 0) is 37.5 Å². The standard InChI is InChI=1S/C16H26N2O2/c1-3-4-5-6-12(2)18-16(20)15(17)11-13-7-9-14(19)10-8-13/h7-10,12,15,19H,3-6,11,17H2,1-2H3,(H,18,20)/t12?,15-/m1/s1. The average Bonchev–Trinajstić information content (AvgIpc) is 2.41. The van der Waals surface area contributed by atoms with E-state index in [1.165, 1.54) is 12.8 Å². The SMILES string of the molecule is CCCCCC(C)NC(=O)[C@H](N)Cc1ccc(O)cc1. The number of amides is 1. The molecule has 0 saturated heterocycles. The van der Waals surface area contributed by atoms with Crippen molar-refractivity contribution in [2.75, 3.05) is 0 Å². The highest BCUT2D eigenvalue weighted by Gasteiger charge is 2.16. The lowest BCUT2D eigenvalue weighted by Crippen LogP contribution is -2.45. The molecule has 1 amide bonds. The third kappa shape index (κ3) is 6.06. The normalized spacial score (nSPS) is 13.8. The highest BCUT2D eigenvalue weighted by atomic mass is 16.3. The Bertz CT molecular complexity index is 403. The Kier molecular flexibility index (Phi) is 7.09. The van der Waals surface area contributed by atoms with Crippen LogP contribution in [0.25, 0.3) is 0 Å². The minimum Gasteiger partial charge on any atom is -0.508 e. The lowest BCUT2D eigenvalue weighted by Gasteiger charge is -2.17. The molecule has 1 unspecified atom stereocenters.